The van der Waals surface area contributed by atoms with Crippen molar-refractivity contribution in [2.45, 2.75) is 26.2 Å². The number of thiophene rings is 1. The summed E-state index contributed by atoms with van der Waals surface area (Å²) in [5.41, 5.74) is 3.03. The molecule has 1 aromatic heterocycles. The van der Waals surface area contributed by atoms with Crippen LogP contribution in [0.4, 0.5) is 0 Å². The Morgan fingerprint density at radius 2 is 2.42 bits per heavy atom. The molecule has 0 radical (unpaired) electrons. The van der Waals surface area contributed by atoms with E-state index in [0.717, 1.165) is 6.42 Å². The highest BCUT2D eigenvalue weighted by atomic mass is 79.9. The van der Waals surface area contributed by atoms with Crippen molar-refractivity contribution in [2.24, 2.45) is 0 Å². The molecule has 0 aromatic carbocycles. The Kier molecular flexibility index (Phi) is 2.37. The fourth-order valence-electron chi connectivity index (χ4n) is 1.67. The number of halogens is 1. The summed E-state index contributed by atoms with van der Waals surface area (Å²) in [6.45, 7) is 2.24. The van der Waals surface area contributed by atoms with Crippen molar-refractivity contribution in [2.75, 3.05) is 0 Å². The predicted molar refractivity (Wildman–Crippen MR) is 58.6 cm³/mol. The third kappa shape index (κ3) is 1.27. The average molecular weight is 243 g/mol. The Labute approximate surface area is 85.4 Å². The maximum Gasteiger partial charge on any atom is 0.0360 e. The minimum atomic E-state index is 1.15. The van der Waals surface area contributed by atoms with E-state index in [0.29, 0.717) is 0 Å². The summed E-state index contributed by atoms with van der Waals surface area (Å²) in [4.78, 5) is 1.53. The fourth-order valence-corrected chi connectivity index (χ4v) is 3.48. The Hall–Kier alpha value is -0.0800. The van der Waals surface area contributed by atoms with Gasteiger partial charge in [-0.15, -0.1) is 11.3 Å². The molecule has 0 amide bonds. The third-order valence-corrected chi connectivity index (χ3v) is 4.13. The van der Waals surface area contributed by atoms with Gasteiger partial charge in [-0.1, -0.05) is 19.4 Å². The van der Waals surface area contributed by atoms with E-state index in [1.807, 2.05) is 11.3 Å². The molecule has 1 aromatic rings. The van der Waals surface area contributed by atoms with E-state index in [1.165, 1.54) is 27.8 Å². The second kappa shape index (κ2) is 3.35. The number of allylic oxidation sites excluding steroid dienone is 2. The smallest absolute Gasteiger partial charge is 0.0360 e. The molecule has 0 nitrogen and oxygen atoms in total. The zero-order chi connectivity index (χ0) is 8.55. The first-order valence-electron chi connectivity index (χ1n) is 4.28. The summed E-state index contributed by atoms with van der Waals surface area (Å²) < 4.78 is 1.29. The predicted octanol–water partition coefficient (Wildman–Crippen LogP) is 4.25. The van der Waals surface area contributed by atoms with Crippen molar-refractivity contribution in [3.05, 3.63) is 26.4 Å². The average Bonchev–Trinajstić information content (AvgIpc) is 2.58. The number of fused-ring (bicyclic) bond motifs is 1. The van der Waals surface area contributed by atoms with Gasteiger partial charge in [0, 0.05) is 26.7 Å². The molecule has 1 aliphatic rings. The minimum absolute atomic E-state index is 1.15. The van der Waals surface area contributed by atoms with Crippen molar-refractivity contribution in [3.8, 4) is 0 Å². The van der Waals surface area contributed by atoms with Crippen molar-refractivity contribution in [3.63, 3.8) is 0 Å². The zero-order valence-electron chi connectivity index (χ0n) is 7.06. The lowest BCUT2D eigenvalue weighted by Gasteiger charge is -2.00. The molecular formula is C10H11BrS. The monoisotopic (exact) mass is 242 g/mol. The maximum absolute atomic E-state index is 3.60. The lowest BCUT2D eigenvalue weighted by Crippen LogP contribution is -1.79. The van der Waals surface area contributed by atoms with Gasteiger partial charge in [0.05, 0.1) is 0 Å². The summed E-state index contributed by atoms with van der Waals surface area (Å²) in [5, 5.41) is 2.20. The van der Waals surface area contributed by atoms with E-state index >= 15 is 0 Å². The SMILES string of the molecule is CCCC1=CCc2scc(Br)c21. The molecule has 64 valence electrons. The van der Waals surface area contributed by atoms with Crippen LogP contribution < -0.4 is 0 Å². The molecule has 0 spiro atoms. The Morgan fingerprint density at radius 1 is 1.58 bits per heavy atom. The van der Waals surface area contributed by atoms with Gasteiger partial charge in [-0.05, 0) is 27.9 Å². The standard InChI is InChI=1S/C10H11BrS/c1-2-3-7-4-5-9-10(7)8(11)6-12-9/h4,6H,2-3,5H2,1H3. The molecule has 2 rings (SSSR count). The van der Waals surface area contributed by atoms with Gasteiger partial charge in [0.1, 0.15) is 0 Å². The lowest BCUT2D eigenvalue weighted by atomic mass is 10.1. The molecule has 1 aliphatic carbocycles. The Balaban J connectivity index is 2.36. The summed E-state index contributed by atoms with van der Waals surface area (Å²) in [6, 6.07) is 0. The maximum atomic E-state index is 3.60. The molecule has 0 saturated carbocycles. The van der Waals surface area contributed by atoms with E-state index in [-0.39, 0.29) is 0 Å². The highest BCUT2D eigenvalue weighted by molar-refractivity contribution is 9.10. The molecule has 0 unspecified atom stereocenters. The molecule has 2 heteroatoms. The van der Waals surface area contributed by atoms with Crippen molar-refractivity contribution in [1.82, 2.24) is 0 Å². The van der Waals surface area contributed by atoms with Gasteiger partial charge in [0.15, 0.2) is 0 Å². The molecule has 0 bridgehead atoms. The summed E-state index contributed by atoms with van der Waals surface area (Å²) in [7, 11) is 0. The molecule has 1 heterocycles. The first-order valence-corrected chi connectivity index (χ1v) is 5.95. The van der Waals surface area contributed by atoms with Crippen LogP contribution in [0, 0.1) is 0 Å². The van der Waals surface area contributed by atoms with Gasteiger partial charge >= 0.3 is 0 Å². The van der Waals surface area contributed by atoms with Crippen LogP contribution in [0.25, 0.3) is 5.57 Å². The van der Waals surface area contributed by atoms with E-state index in [9.17, 15) is 0 Å². The van der Waals surface area contributed by atoms with Crippen LogP contribution in [0.15, 0.2) is 15.9 Å². The van der Waals surface area contributed by atoms with Gasteiger partial charge in [-0.2, -0.15) is 0 Å². The topological polar surface area (TPSA) is 0 Å². The van der Waals surface area contributed by atoms with E-state index in [1.54, 1.807) is 5.57 Å². The largest absolute Gasteiger partial charge is 0.147 e. The van der Waals surface area contributed by atoms with Gasteiger partial charge < -0.3 is 0 Å². The van der Waals surface area contributed by atoms with Crippen LogP contribution in [0.2, 0.25) is 0 Å². The van der Waals surface area contributed by atoms with Crippen LogP contribution in [0.1, 0.15) is 30.2 Å². The van der Waals surface area contributed by atoms with Gasteiger partial charge in [0.2, 0.25) is 0 Å². The Bertz CT molecular complexity index is 323. The number of rotatable bonds is 2. The van der Waals surface area contributed by atoms with Crippen LogP contribution in [-0.4, -0.2) is 0 Å². The lowest BCUT2D eigenvalue weighted by molar-refractivity contribution is 0.975. The number of hydrogen-bond acceptors (Lipinski definition) is 1. The molecule has 12 heavy (non-hydrogen) atoms. The second-order valence-electron chi connectivity index (χ2n) is 3.07. The van der Waals surface area contributed by atoms with Crippen molar-refractivity contribution in [1.29, 1.82) is 0 Å². The van der Waals surface area contributed by atoms with Crippen LogP contribution in [-0.2, 0) is 6.42 Å². The minimum Gasteiger partial charge on any atom is -0.147 e. The molecule has 0 atom stereocenters. The molecule has 0 aliphatic heterocycles. The highest BCUT2D eigenvalue weighted by Crippen LogP contribution is 2.40. The fraction of sp³-hybridized carbons (Fsp3) is 0.400. The molecule has 0 fully saturated rings. The summed E-state index contributed by atoms with van der Waals surface area (Å²) >= 11 is 5.47. The second-order valence-corrected chi connectivity index (χ2v) is 4.88. The summed E-state index contributed by atoms with van der Waals surface area (Å²) in [6.07, 6.45) is 5.99. The van der Waals surface area contributed by atoms with Crippen molar-refractivity contribution < 1.29 is 0 Å². The van der Waals surface area contributed by atoms with E-state index < -0.39 is 0 Å². The van der Waals surface area contributed by atoms with Crippen LogP contribution in [0.3, 0.4) is 0 Å². The summed E-state index contributed by atoms with van der Waals surface area (Å²) in [5.74, 6) is 0. The van der Waals surface area contributed by atoms with Gasteiger partial charge in [-0.25, -0.2) is 0 Å². The molecule has 0 N–H and O–H groups in total. The van der Waals surface area contributed by atoms with E-state index in [2.05, 4.69) is 34.3 Å². The molecule has 0 saturated heterocycles. The van der Waals surface area contributed by atoms with Gasteiger partial charge in [0.25, 0.3) is 0 Å². The molecular weight excluding hydrogens is 232 g/mol. The van der Waals surface area contributed by atoms with Gasteiger partial charge in [-0.3, -0.25) is 0 Å². The highest BCUT2D eigenvalue weighted by Gasteiger charge is 2.17. The quantitative estimate of drug-likeness (QED) is 0.728. The normalized spacial score (nSPS) is 14.7. The van der Waals surface area contributed by atoms with Crippen LogP contribution in [0.5, 0.6) is 0 Å². The van der Waals surface area contributed by atoms with Crippen molar-refractivity contribution >= 4 is 32.8 Å². The third-order valence-electron chi connectivity index (χ3n) is 2.20. The Morgan fingerprint density at radius 3 is 3.17 bits per heavy atom. The number of hydrogen-bond donors (Lipinski definition) is 0. The first kappa shape index (κ1) is 8.52. The first-order chi connectivity index (χ1) is 5.83. The van der Waals surface area contributed by atoms with E-state index in [4.69, 9.17) is 0 Å². The van der Waals surface area contributed by atoms with Crippen LogP contribution >= 0.6 is 27.3 Å². The zero-order valence-corrected chi connectivity index (χ0v) is 9.46.